The van der Waals surface area contributed by atoms with Gasteiger partial charge in [0, 0.05) is 27.8 Å². The van der Waals surface area contributed by atoms with Crippen LogP contribution in [-0.4, -0.2) is 16.2 Å². The molecule has 146 valence electrons. The summed E-state index contributed by atoms with van der Waals surface area (Å²) in [7, 11) is 0. The van der Waals surface area contributed by atoms with Crippen molar-refractivity contribution in [2.24, 2.45) is 0 Å². The topological polar surface area (TPSA) is 76.0 Å². The Morgan fingerprint density at radius 1 is 0.897 bits per heavy atom. The molecule has 0 aromatic heterocycles. The lowest BCUT2D eigenvalue weighted by molar-refractivity contribution is 0.0222. The minimum atomic E-state index is -1.21. The summed E-state index contributed by atoms with van der Waals surface area (Å²) in [5.41, 5.74) is 3.11. The van der Waals surface area contributed by atoms with E-state index in [1.165, 1.54) is 0 Å². The zero-order valence-corrected chi connectivity index (χ0v) is 18.1. The summed E-state index contributed by atoms with van der Waals surface area (Å²) in [5, 5.41) is 21.0. The number of benzene rings is 3. The van der Waals surface area contributed by atoms with E-state index in [0.29, 0.717) is 48.4 Å². The van der Waals surface area contributed by atoms with Crippen LogP contribution in [0.3, 0.4) is 0 Å². The number of carbonyl (C=O) groups excluding carboxylic acids is 1. The van der Waals surface area contributed by atoms with Gasteiger partial charge in [-0.15, -0.1) is 0 Å². The maximum atomic E-state index is 12.9. The van der Waals surface area contributed by atoms with Crippen molar-refractivity contribution in [2.45, 2.75) is 26.4 Å². The summed E-state index contributed by atoms with van der Waals surface area (Å²) in [6, 6.07) is 10.9. The third-order valence-corrected chi connectivity index (χ3v) is 6.67. The first kappa shape index (κ1) is 18.3. The van der Waals surface area contributed by atoms with Crippen LogP contribution in [0.4, 0.5) is 0 Å². The molecule has 6 heteroatoms. The second-order valence-electron chi connectivity index (χ2n) is 7.47. The van der Waals surface area contributed by atoms with Gasteiger partial charge in [-0.25, -0.2) is 4.79 Å². The molecule has 29 heavy (non-hydrogen) atoms. The van der Waals surface area contributed by atoms with E-state index in [-0.39, 0.29) is 11.5 Å². The summed E-state index contributed by atoms with van der Waals surface area (Å²) >= 11 is 2.06. The van der Waals surface area contributed by atoms with E-state index in [4.69, 9.17) is 9.47 Å². The number of hydrogen-bond donors (Lipinski definition) is 2. The monoisotopic (exact) mass is 500 g/mol. The van der Waals surface area contributed by atoms with E-state index < -0.39 is 11.6 Å². The Morgan fingerprint density at radius 2 is 1.52 bits per heavy atom. The number of aryl methyl sites for hydroxylation is 1. The highest BCUT2D eigenvalue weighted by atomic mass is 127. The molecule has 0 fully saturated rings. The predicted molar refractivity (Wildman–Crippen MR) is 115 cm³/mol. The van der Waals surface area contributed by atoms with Crippen molar-refractivity contribution in [3.8, 4) is 23.0 Å². The van der Waals surface area contributed by atoms with E-state index >= 15 is 0 Å². The van der Waals surface area contributed by atoms with Gasteiger partial charge in [0.1, 0.15) is 23.0 Å². The fourth-order valence-corrected chi connectivity index (χ4v) is 5.07. The molecule has 2 N–H and O–H groups in total. The lowest BCUT2D eigenvalue weighted by atomic mass is 9.76. The highest BCUT2D eigenvalue weighted by molar-refractivity contribution is 14.1. The smallest absolute Gasteiger partial charge is 0.340 e. The standard InChI is InChI=1S/C23H17IO5/c1-10-8-15-20(11(2)18(10)25)28-21-12(3)19(26)17(24)9-16(21)23(15)14-7-5-4-6-13(14)22(27)29-23/h4-9,25-26H,1-3H3. The van der Waals surface area contributed by atoms with Crippen LogP contribution in [0, 0.1) is 24.3 Å². The van der Waals surface area contributed by atoms with Crippen molar-refractivity contribution >= 4 is 28.6 Å². The Balaban J connectivity index is 1.99. The van der Waals surface area contributed by atoms with Gasteiger partial charge in [-0.1, -0.05) is 18.2 Å². The van der Waals surface area contributed by atoms with Crippen molar-refractivity contribution < 1.29 is 24.5 Å². The molecular formula is C23H17IO5. The molecule has 1 atom stereocenters. The fourth-order valence-electron chi connectivity index (χ4n) is 4.36. The van der Waals surface area contributed by atoms with Gasteiger partial charge in [0.05, 0.1) is 9.13 Å². The third-order valence-electron chi connectivity index (χ3n) is 5.85. The maximum Gasteiger partial charge on any atom is 0.340 e. The van der Waals surface area contributed by atoms with Gasteiger partial charge in [-0.05, 0) is 67.1 Å². The molecule has 0 radical (unpaired) electrons. The van der Waals surface area contributed by atoms with Crippen molar-refractivity contribution in [2.75, 3.05) is 0 Å². The Labute approximate surface area is 181 Å². The number of hydrogen-bond acceptors (Lipinski definition) is 5. The van der Waals surface area contributed by atoms with E-state index in [0.717, 1.165) is 5.56 Å². The van der Waals surface area contributed by atoms with E-state index in [1.54, 1.807) is 39.0 Å². The SMILES string of the molecule is Cc1cc2c(c(C)c1O)Oc1c(cc(I)c(O)c1C)C21OC(=O)c2ccccc21. The molecule has 0 saturated carbocycles. The molecule has 1 unspecified atom stereocenters. The first-order valence-electron chi connectivity index (χ1n) is 9.14. The normalized spacial score (nSPS) is 18.7. The van der Waals surface area contributed by atoms with E-state index in [2.05, 4.69) is 22.6 Å². The number of halogens is 1. The summed E-state index contributed by atoms with van der Waals surface area (Å²) in [6.07, 6.45) is 0. The van der Waals surface area contributed by atoms with Crippen LogP contribution in [0.5, 0.6) is 23.0 Å². The second-order valence-corrected chi connectivity index (χ2v) is 8.63. The Hall–Kier alpha value is -2.74. The summed E-state index contributed by atoms with van der Waals surface area (Å²) in [5.74, 6) is 0.713. The molecule has 0 amide bonds. The third kappa shape index (κ3) is 2.18. The fraction of sp³-hybridized carbons (Fsp3) is 0.174. The molecule has 2 aliphatic heterocycles. The quantitative estimate of drug-likeness (QED) is 0.328. The van der Waals surface area contributed by atoms with Gasteiger partial charge in [0.25, 0.3) is 0 Å². The van der Waals surface area contributed by atoms with Crippen molar-refractivity contribution in [3.05, 3.63) is 78.9 Å². The molecule has 2 aliphatic rings. The van der Waals surface area contributed by atoms with Gasteiger partial charge in [-0.2, -0.15) is 0 Å². The summed E-state index contributed by atoms with van der Waals surface area (Å²) in [4.78, 5) is 12.9. The molecule has 0 bridgehead atoms. The van der Waals surface area contributed by atoms with Crippen LogP contribution in [0.1, 0.15) is 43.7 Å². The lowest BCUT2D eigenvalue weighted by Crippen LogP contribution is -2.34. The number of carbonyl (C=O) groups is 1. The van der Waals surface area contributed by atoms with Crippen LogP contribution < -0.4 is 4.74 Å². The van der Waals surface area contributed by atoms with Crippen LogP contribution in [0.2, 0.25) is 0 Å². The predicted octanol–water partition coefficient (Wildman–Crippen LogP) is 5.20. The molecular weight excluding hydrogens is 483 g/mol. The molecule has 0 aliphatic carbocycles. The molecule has 0 saturated heterocycles. The number of phenols is 2. The Morgan fingerprint density at radius 3 is 2.24 bits per heavy atom. The molecule has 1 spiro atoms. The van der Waals surface area contributed by atoms with Crippen LogP contribution >= 0.6 is 22.6 Å². The minimum absolute atomic E-state index is 0.120. The molecule has 5 nitrogen and oxygen atoms in total. The van der Waals surface area contributed by atoms with Gasteiger partial charge in [0.2, 0.25) is 0 Å². The summed E-state index contributed by atoms with van der Waals surface area (Å²) < 4.78 is 13.0. The van der Waals surface area contributed by atoms with E-state index in [1.807, 2.05) is 18.2 Å². The van der Waals surface area contributed by atoms with Gasteiger partial charge in [0.15, 0.2) is 5.60 Å². The van der Waals surface area contributed by atoms with Crippen LogP contribution in [-0.2, 0) is 10.3 Å². The Kier molecular flexibility index (Phi) is 3.71. The van der Waals surface area contributed by atoms with Crippen LogP contribution in [0.15, 0.2) is 36.4 Å². The second kappa shape index (κ2) is 5.89. The largest absolute Gasteiger partial charge is 0.507 e. The number of aromatic hydroxyl groups is 2. The highest BCUT2D eigenvalue weighted by Crippen LogP contribution is 2.59. The van der Waals surface area contributed by atoms with Gasteiger partial charge < -0.3 is 19.7 Å². The molecule has 3 aromatic carbocycles. The van der Waals surface area contributed by atoms with Gasteiger partial charge in [-0.3, -0.25) is 0 Å². The molecule has 2 heterocycles. The first-order chi connectivity index (χ1) is 13.8. The maximum absolute atomic E-state index is 12.9. The summed E-state index contributed by atoms with van der Waals surface area (Å²) in [6.45, 7) is 5.34. The number of esters is 1. The zero-order chi connectivity index (χ0) is 20.7. The average molecular weight is 500 g/mol. The number of ether oxygens (including phenoxy) is 2. The van der Waals surface area contributed by atoms with Gasteiger partial charge >= 0.3 is 5.97 Å². The number of phenolic OH excluding ortho intramolecular Hbond substituents is 2. The number of fused-ring (bicyclic) bond motifs is 6. The van der Waals surface area contributed by atoms with Crippen molar-refractivity contribution in [3.63, 3.8) is 0 Å². The Bertz CT molecular complexity index is 1180. The molecule has 3 aromatic rings. The van der Waals surface area contributed by atoms with Crippen LogP contribution in [0.25, 0.3) is 0 Å². The highest BCUT2D eigenvalue weighted by Gasteiger charge is 2.54. The first-order valence-corrected chi connectivity index (χ1v) is 10.2. The minimum Gasteiger partial charge on any atom is -0.507 e. The van der Waals surface area contributed by atoms with Crippen molar-refractivity contribution in [1.29, 1.82) is 0 Å². The average Bonchev–Trinajstić information content (AvgIpc) is 3.00. The number of rotatable bonds is 0. The zero-order valence-electron chi connectivity index (χ0n) is 16.0. The molecule has 5 rings (SSSR count). The van der Waals surface area contributed by atoms with Crippen molar-refractivity contribution in [1.82, 2.24) is 0 Å². The lowest BCUT2D eigenvalue weighted by Gasteiger charge is -2.38. The van der Waals surface area contributed by atoms with E-state index in [9.17, 15) is 15.0 Å².